The van der Waals surface area contributed by atoms with Gasteiger partial charge in [0.1, 0.15) is 0 Å². The zero-order valence-electron chi connectivity index (χ0n) is 6.46. The molecular formula is C9H10N2. The highest BCUT2D eigenvalue weighted by Gasteiger charge is 1.89. The summed E-state index contributed by atoms with van der Waals surface area (Å²) in [6, 6.07) is 3.85. The van der Waals surface area contributed by atoms with Crippen molar-refractivity contribution in [3.63, 3.8) is 0 Å². The highest BCUT2D eigenvalue weighted by molar-refractivity contribution is 5.43. The van der Waals surface area contributed by atoms with Gasteiger partial charge >= 0.3 is 0 Å². The van der Waals surface area contributed by atoms with E-state index in [1.807, 2.05) is 19.1 Å². The van der Waals surface area contributed by atoms with Crippen LogP contribution in [0.25, 0.3) is 0 Å². The first-order valence-electron chi connectivity index (χ1n) is 3.43. The molecule has 0 fully saturated rings. The smallest absolute Gasteiger partial charge is 0.0763 e. The summed E-state index contributed by atoms with van der Waals surface area (Å²) in [5.74, 6) is 2.50. The van der Waals surface area contributed by atoms with E-state index in [-0.39, 0.29) is 0 Å². The molecule has 0 aliphatic rings. The van der Waals surface area contributed by atoms with Gasteiger partial charge in [-0.25, -0.2) is 0 Å². The van der Waals surface area contributed by atoms with Gasteiger partial charge in [0, 0.05) is 17.6 Å². The van der Waals surface area contributed by atoms with Gasteiger partial charge in [0.05, 0.1) is 6.54 Å². The van der Waals surface area contributed by atoms with E-state index in [0.29, 0.717) is 6.54 Å². The number of aromatic nitrogens is 1. The van der Waals surface area contributed by atoms with Crippen LogP contribution in [0.4, 0.5) is 5.69 Å². The minimum absolute atomic E-state index is 0.559. The minimum atomic E-state index is 0.559. The molecule has 0 spiro atoms. The second-order valence-corrected chi connectivity index (χ2v) is 2.24. The Balaban J connectivity index is 2.65. The van der Waals surface area contributed by atoms with Gasteiger partial charge in [-0.15, -0.1) is 6.42 Å². The SMILES string of the molecule is C#CCNc1ccnc(C)c1. The molecule has 56 valence electrons. The average molecular weight is 146 g/mol. The van der Waals surface area contributed by atoms with E-state index in [2.05, 4.69) is 16.2 Å². The zero-order chi connectivity index (χ0) is 8.10. The molecule has 0 atom stereocenters. The molecule has 11 heavy (non-hydrogen) atoms. The van der Waals surface area contributed by atoms with Gasteiger partial charge in [-0.1, -0.05) is 5.92 Å². The summed E-state index contributed by atoms with van der Waals surface area (Å²) in [7, 11) is 0. The predicted octanol–water partition coefficient (Wildman–Crippen LogP) is 1.44. The minimum Gasteiger partial charge on any atom is -0.374 e. The molecule has 2 nitrogen and oxygen atoms in total. The summed E-state index contributed by atoms with van der Waals surface area (Å²) in [5, 5.41) is 3.06. The van der Waals surface area contributed by atoms with E-state index >= 15 is 0 Å². The van der Waals surface area contributed by atoms with Crippen LogP contribution in [0.5, 0.6) is 0 Å². The van der Waals surface area contributed by atoms with Crippen LogP contribution in [0.15, 0.2) is 18.3 Å². The molecule has 0 aliphatic heterocycles. The zero-order valence-corrected chi connectivity index (χ0v) is 6.46. The van der Waals surface area contributed by atoms with Gasteiger partial charge in [0.25, 0.3) is 0 Å². The number of aryl methyl sites for hydroxylation is 1. The summed E-state index contributed by atoms with van der Waals surface area (Å²) in [5.41, 5.74) is 2.02. The largest absolute Gasteiger partial charge is 0.374 e. The van der Waals surface area contributed by atoms with Crippen molar-refractivity contribution in [3.8, 4) is 12.3 Å². The number of anilines is 1. The molecule has 0 unspecified atom stereocenters. The molecule has 1 N–H and O–H groups in total. The Hall–Kier alpha value is -1.49. The Kier molecular flexibility index (Phi) is 2.51. The van der Waals surface area contributed by atoms with Crippen LogP contribution in [0.3, 0.4) is 0 Å². The highest BCUT2D eigenvalue weighted by atomic mass is 14.9. The molecule has 0 aromatic carbocycles. The van der Waals surface area contributed by atoms with Crippen LogP contribution in [0, 0.1) is 19.3 Å². The molecule has 2 heteroatoms. The van der Waals surface area contributed by atoms with Crippen molar-refractivity contribution in [2.45, 2.75) is 6.92 Å². The lowest BCUT2D eigenvalue weighted by molar-refractivity contribution is 1.19. The summed E-state index contributed by atoms with van der Waals surface area (Å²) in [6.45, 7) is 2.50. The first-order chi connectivity index (χ1) is 5.33. The van der Waals surface area contributed by atoms with Crippen LogP contribution in [-0.2, 0) is 0 Å². The fourth-order valence-corrected chi connectivity index (χ4v) is 0.809. The molecule has 0 radical (unpaired) electrons. The third-order valence-corrected chi connectivity index (χ3v) is 1.29. The lowest BCUT2D eigenvalue weighted by Gasteiger charge is -2.01. The third kappa shape index (κ3) is 2.30. The van der Waals surface area contributed by atoms with Crippen molar-refractivity contribution >= 4 is 5.69 Å². The van der Waals surface area contributed by atoms with Gasteiger partial charge in [-0.2, -0.15) is 0 Å². The maximum atomic E-state index is 5.09. The highest BCUT2D eigenvalue weighted by Crippen LogP contribution is 2.05. The lowest BCUT2D eigenvalue weighted by Crippen LogP contribution is -1.98. The van der Waals surface area contributed by atoms with Gasteiger partial charge in [-0.05, 0) is 19.1 Å². The number of hydrogen-bond acceptors (Lipinski definition) is 2. The Morgan fingerprint density at radius 3 is 3.18 bits per heavy atom. The quantitative estimate of drug-likeness (QED) is 0.638. The second kappa shape index (κ2) is 3.62. The third-order valence-electron chi connectivity index (χ3n) is 1.29. The maximum absolute atomic E-state index is 5.09. The van der Waals surface area contributed by atoms with Crippen LogP contribution in [-0.4, -0.2) is 11.5 Å². The van der Waals surface area contributed by atoms with Crippen LogP contribution in [0.2, 0.25) is 0 Å². The molecule has 1 aromatic rings. The van der Waals surface area contributed by atoms with E-state index in [1.165, 1.54) is 0 Å². The number of pyridine rings is 1. The molecule has 1 heterocycles. The lowest BCUT2D eigenvalue weighted by atomic mass is 10.3. The normalized spacial score (nSPS) is 8.73. The van der Waals surface area contributed by atoms with E-state index in [4.69, 9.17) is 6.42 Å². The van der Waals surface area contributed by atoms with Crippen molar-refractivity contribution in [1.82, 2.24) is 4.98 Å². The number of rotatable bonds is 2. The first-order valence-corrected chi connectivity index (χ1v) is 3.43. The van der Waals surface area contributed by atoms with Crippen LogP contribution >= 0.6 is 0 Å². The second-order valence-electron chi connectivity index (χ2n) is 2.24. The Bertz CT molecular complexity index is 273. The molecule has 0 saturated carbocycles. The van der Waals surface area contributed by atoms with E-state index < -0.39 is 0 Å². The average Bonchev–Trinajstić information content (AvgIpc) is 2.01. The predicted molar refractivity (Wildman–Crippen MR) is 46.3 cm³/mol. The summed E-state index contributed by atoms with van der Waals surface area (Å²) in [6.07, 6.45) is 6.84. The van der Waals surface area contributed by atoms with Gasteiger partial charge in [0.2, 0.25) is 0 Å². The van der Waals surface area contributed by atoms with Crippen LogP contribution in [0.1, 0.15) is 5.69 Å². The molecular weight excluding hydrogens is 136 g/mol. The van der Waals surface area contributed by atoms with Crippen molar-refractivity contribution < 1.29 is 0 Å². The first kappa shape index (κ1) is 7.62. The van der Waals surface area contributed by atoms with Crippen molar-refractivity contribution in [2.24, 2.45) is 0 Å². The maximum Gasteiger partial charge on any atom is 0.0763 e. The monoisotopic (exact) mass is 146 g/mol. The summed E-state index contributed by atoms with van der Waals surface area (Å²) < 4.78 is 0. The fraction of sp³-hybridized carbons (Fsp3) is 0.222. The van der Waals surface area contributed by atoms with Gasteiger partial charge < -0.3 is 5.32 Å². The molecule has 0 aliphatic carbocycles. The number of nitrogens with one attached hydrogen (secondary N) is 1. The topological polar surface area (TPSA) is 24.9 Å². The van der Waals surface area contributed by atoms with Crippen molar-refractivity contribution in [3.05, 3.63) is 24.0 Å². The number of terminal acetylenes is 1. The van der Waals surface area contributed by atoms with Gasteiger partial charge in [-0.3, -0.25) is 4.98 Å². The number of hydrogen-bond donors (Lipinski definition) is 1. The van der Waals surface area contributed by atoms with Crippen molar-refractivity contribution in [1.29, 1.82) is 0 Å². The van der Waals surface area contributed by atoms with Crippen molar-refractivity contribution in [2.75, 3.05) is 11.9 Å². The van der Waals surface area contributed by atoms with E-state index in [0.717, 1.165) is 11.4 Å². The number of nitrogens with zero attached hydrogens (tertiary/aromatic N) is 1. The molecule has 1 rings (SSSR count). The molecule has 0 amide bonds. The molecule has 0 bridgehead atoms. The summed E-state index contributed by atoms with van der Waals surface area (Å²) >= 11 is 0. The Morgan fingerprint density at radius 2 is 2.55 bits per heavy atom. The standard InChI is InChI=1S/C9H10N2/c1-3-5-11-9-4-6-10-8(2)7-9/h1,4,6-7H,5H2,2H3,(H,10,11). The summed E-state index contributed by atoms with van der Waals surface area (Å²) in [4.78, 5) is 4.06. The Morgan fingerprint density at radius 1 is 1.73 bits per heavy atom. The van der Waals surface area contributed by atoms with E-state index in [9.17, 15) is 0 Å². The van der Waals surface area contributed by atoms with E-state index in [1.54, 1.807) is 6.20 Å². The molecule has 1 aromatic heterocycles. The van der Waals surface area contributed by atoms with Crippen LogP contribution < -0.4 is 5.32 Å². The van der Waals surface area contributed by atoms with Gasteiger partial charge in [0.15, 0.2) is 0 Å². The fourth-order valence-electron chi connectivity index (χ4n) is 0.809. The Labute approximate surface area is 66.7 Å². The molecule has 0 saturated heterocycles.